The molecule has 138 valence electrons. The van der Waals surface area contributed by atoms with E-state index in [-0.39, 0.29) is 17.1 Å². The molecule has 0 bridgehead atoms. The zero-order chi connectivity index (χ0) is 21.0. The number of phosphoric acid groups is 1. The number of anilines is 1. The van der Waals surface area contributed by atoms with Gasteiger partial charge in [0.25, 0.3) is 11.5 Å². The van der Waals surface area contributed by atoms with E-state index in [1.807, 2.05) is 0 Å². The average Bonchev–Trinajstić information content (AvgIpc) is 3.04. The second kappa shape index (κ2) is 6.14. The summed E-state index contributed by atoms with van der Waals surface area (Å²) >= 11 is 0. The number of fused-ring (bicyclic) bond motifs is 1. The number of ether oxygens (including phenoxy) is 1. The van der Waals surface area contributed by atoms with Gasteiger partial charge in [-0.3, -0.25) is 18.9 Å². The molecule has 0 spiro atoms. The number of aliphatic hydroxyl groups is 2. The predicted molar refractivity (Wildman–Crippen MR) is 79.9 cm³/mol. The number of nitrogen functional groups attached to an aromatic ring is 1. The highest BCUT2D eigenvalue weighted by Gasteiger charge is 2.47. The third-order valence-electron chi connectivity index (χ3n) is 3.64. The number of aromatic nitrogens is 4. The van der Waals surface area contributed by atoms with Gasteiger partial charge in [-0.2, -0.15) is 0 Å². The zero-order valence-corrected chi connectivity index (χ0v) is 13.3. The number of nitrogens with zero attached hydrogens (tertiary/aromatic N) is 3. The number of aliphatic hydroxyl groups excluding tert-OH is 2. The van der Waals surface area contributed by atoms with Gasteiger partial charge in [0.05, 0.1) is 17.7 Å². The Morgan fingerprint density at radius 1 is 1.56 bits per heavy atom. The molecule has 0 radical (unpaired) electrons. The Hall–Kier alpha value is -1.86. The Kier molecular flexibility index (Phi) is 3.52. The van der Waals surface area contributed by atoms with Crippen LogP contribution >= 0.6 is 7.82 Å². The van der Waals surface area contributed by atoms with Crippen LogP contribution in [0.1, 0.15) is 10.3 Å². The van der Waals surface area contributed by atoms with Gasteiger partial charge >= 0.3 is 13.5 Å². The Morgan fingerprint density at radius 3 is 2.92 bits per heavy atom. The van der Waals surface area contributed by atoms with Crippen LogP contribution in [0.15, 0.2) is 11.1 Å². The van der Waals surface area contributed by atoms with Crippen molar-refractivity contribution in [1.82, 2.24) is 14.5 Å². The third kappa shape index (κ3) is 3.30. The molecule has 0 saturated carbocycles. The fraction of sp³-hybridized carbons (Fsp3) is 0.545. The third-order valence-corrected chi connectivity index (χ3v) is 4.12. The number of hydrogen-bond donors (Lipinski definition) is 6. The number of H-pyrrole nitrogens is 1. The fourth-order valence-corrected chi connectivity index (χ4v) is 2.90. The first-order chi connectivity index (χ1) is 12.8. The first-order valence-electron chi connectivity index (χ1n) is 8.34. The number of hydrogen-bond acceptors (Lipinski definition) is 8. The largest absolute Gasteiger partial charge is 0.469 e. The molecule has 4 atom stereocenters. The summed E-state index contributed by atoms with van der Waals surface area (Å²) in [6, 6.07) is 0. The van der Waals surface area contributed by atoms with E-state index in [0.29, 0.717) is 4.57 Å². The van der Waals surface area contributed by atoms with Gasteiger partial charge in [0, 0.05) is 0 Å². The van der Waals surface area contributed by atoms with Crippen molar-refractivity contribution >= 4 is 24.9 Å². The minimum atomic E-state index is -4.86. The number of aryl methyl sites for hydroxylation is 1. The van der Waals surface area contributed by atoms with Gasteiger partial charge in [0.2, 0.25) is 11.7 Å². The monoisotopic (exact) mass is 381 g/mol. The highest BCUT2D eigenvalue weighted by molar-refractivity contribution is 7.46. The van der Waals surface area contributed by atoms with Crippen LogP contribution in [0, 0.1) is 0 Å². The summed E-state index contributed by atoms with van der Waals surface area (Å²) in [5.74, 6) is -0.330. The molecule has 0 aromatic carbocycles. The summed E-state index contributed by atoms with van der Waals surface area (Å²) < 4.78 is 44.8. The van der Waals surface area contributed by atoms with E-state index in [1.165, 1.54) is 0 Å². The molecule has 25 heavy (non-hydrogen) atoms. The first kappa shape index (κ1) is 14.3. The number of imidazole rings is 1. The lowest BCUT2D eigenvalue weighted by atomic mass is 10.1. The van der Waals surface area contributed by atoms with E-state index in [0.717, 1.165) is 10.9 Å². The van der Waals surface area contributed by atoms with Gasteiger partial charge in [-0.05, 0) is 0 Å². The van der Waals surface area contributed by atoms with E-state index < -0.39 is 51.5 Å². The number of phosphoric ester groups is 1. The predicted octanol–water partition coefficient (Wildman–Crippen LogP) is -3.14. The molecule has 2 aromatic heterocycles. The molecular formula is C11H17N5O8P+. The maximum absolute atomic E-state index is 12.2. The van der Waals surface area contributed by atoms with Crippen LogP contribution in [0.5, 0.6) is 0 Å². The van der Waals surface area contributed by atoms with Crippen LogP contribution in [0.4, 0.5) is 5.95 Å². The molecule has 3 rings (SSSR count). The first-order valence-corrected chi connectivity index (χ1v) is 8.37. The summed E-state index contributed by atoms with van der Waals surface area (Å²) in [7, 11) is -4.86. The van der Waals surface area contributed by atoms with Gasteiger partial charge in [-0.25, -0.2) is 9.13 Å². The second-order valence-corrected chi connectivity index (χ2v) is 6.59. The molecule has 1 saturated heterocycles. The molecular weight excluding hydrogens is 361 g/mol. The molecule has 0 amide bonds. The minimum Gasteiger partial charge on any atom is -0.387 e. The Balaban J connectivity index is 2.06. The van der Waals surface area contributed by atoms with Crippen molar-refractivity contribution in [2.45, 2.75) is 24.5 Å². The van der Waals surface area contributed by atoms with Crippen LogP contribution in [-0.2, 0) is 20.8 Å². The number of rotatable bonds is 4. The fourth-order valence-electron chi connectivity index (χ4n) is 2.56. The lowest BCUT2D eigenvalue weighted by Crippen LogP contribution is -2.46. The normalized spacial score (nSPS) is 29.5. The van der Waals surface area contributed by atoms with Gasteiger partial charge < -0.3 is 30.5 Å². The van der Waals surface area contributed by atoms with Crippen LogP contribution in [0.3, 0.4) is 0 Å². The summed E-state index contributed by atoms with van der Waals surface area (Å²) in [6.07, 6.45) is -5.15. The van der Waals surface area contributed by atoms with Crippen molar-refractivity contribution < 1.29 is 42.5 Å². The molecule has 3 heterocycles. The summed E-state index contributed by atoms with van der Waals surface area (Å²) in [4.78, 5) is 35.8. The van der Waals surface area contributed by atoms with E-state index in [2.05, 4.69) is 14.5 Å². The molecule has 7 N–H and O–H groups in total. The molecule has 1 fully saturated rings. The Labute approximate surface area is 143 Å². The quantitative estimate of drug-likeness (QED) is 0.232. The molecule has 1 aliphatic rings. The zero-order valence-electron chi connectivity index (χ0n) is 15.4. The standard InChI is InChI=1S/C11H16N5O8P/c1-15-3-16(8-5(15)9(19)14-11(12)13-8)10-7(18)6(17)4(24-10)2-23-25(20,21)22/h3-4,6-7,10,17-18H,2H2,1H3,(H4-,12,13,14,19,20,21,22)/p+1/t4-,6-,7-,10-/m1/s1/i1D3. The van der Waals surface area contributed by atoms with Crippen LogP contribution in [-0.4, -0.2) is 59.5 Å². The van der Waals surface area contributed by atoms with Crippen LogP contribution in [0.25, 0.3) is 11.2 Å². The van der Waals surface area contributed by atoms with Crippen molar-refractivity contribution in [2.24, 2.45) is 6.98 Å². The van der Waals surface area contributed by atoms with Crippen LogP contribution in [0.2, 0.25) is 0 Å². The van der Waals surface area contributed by atoms with Crippen molar-refractivity contribution in [2.75, 3.05) is 12.3 Å². The van der Waals surface area contributed by atoms with Gasteiger partial charge in [0.1, 0.15) is 18.3 Å². The Bertz CT molecular complexity index is 1000. The maximum Gasteiger partial charge on any atom is 0.469 e. The summed E-state index contributed by atoms with van der Waals surface area (Å²) in [5.41, 5.74) is 4.03. The number of aromatic amines is 1. The van der Waals surface area contributed by atoms with Crippen molar-refractivity contribution in [3.63, 3.8) is 0 Å². The maximum atomic E-state index is 12.2. The highest BCUT2D eigenvalue weighted by atomic mass is 31.2. The van der Waals surface area contributed by atoms with Crippen molar-refractivity contribution in [1.29, 1.82) is 0 Å². The lowest BCUT2D eigenvalue weighted by molar-refractivity contribution is -0.745. The molecule has 1 aliphatic heterocycles. The van der Waals surface area contributed by atoms with Gasteiger partial charge in [0.15, 0.2) is 6.33 Å². The van der Waals surface area contributed by atoms with Crippen molar-refractivity contribution in [3.05, 3.63) is 16.7 Å². The number of nitrogens with two attached hydrogens (primary N) is 1. The molecule has 14 heteroatoms. The summed E-state index contributed by atoms with van der Waals surface area (Å²) in [5, 5.41) is 20.4. The number of nitrogens with one attached hydrogen (secondary N) is 1. The van der Waals surface area contributed by atoms with Gasteiger partial charge in [-0.15, -0.1) is 0 Å². The topological polar surface area (TPSA) is 197 Å². The van der Waals surface area contributed by atoms with E-state index >= 15 is 0 Å². The smallest absolute Gasteiger partial charge is 0.387 e. The SMILES string of the molecule is [2H]C([2H])([2H])n1c[n+]([C@@H]2O[C@H](COP(=O)(O)O)[C@@H](O)[C@H]2O)c2nc(N)[nH]c(=O)c21. The molecule has 2 aromatic rings. The second-order valence-electron chi connectivity index (χ2n) is 5.35. The average molecular weight is 381 g/mol. The lowest BCUT2D eigenvalue weighted by Gasteiger charge is -2.14. The van der Waals surface area contributed by atoms with E-state index in [9.17, 15) is 19.6 Å². The minimum absolute atomic E-state index is 0.245. The molecule has 0 unspecified atom stereocenters. The Morgan fingerprint density at radius 2 is 2.28 bits per heavy atom. The van der Waals surface area contributed by atoms with Gasteiger partial charge in [-0.1, -0.05) is 4.98 Å². The van der Waals surface area contributed by atoms with E-state index in [4.69, 9.17) is 24.4 Å². The molecule has 13 nitrogen and oxygen atoms in total. The molecule has 0 aliphatic carbocycles. The van der Waals surface area contributed by atoms with Crippen LogP contribution < -0.4 is 15.9 Å². The summed E-state index contributed by atoms with van der Waals surface area (Å²) in [6.45, 7) is -3.55. The van der Waals surface area contributed by atoms with E-state index in [1.54, 1.807) is 0 Å². The highest BCUT2D eigenvalue weighted by Crippen LogP contribution is 2.37. The van der Waals surface area contributed by atoms with Crippen molar-refractivity contribution in [3.8, 4) is 0 Å².